The van der Waals surface area contributed by atoms with Crippen molar-refractivity contribution in [1.29, 1.82) is 0 Å². The first-order chi connectivity index (χ1) is 11.1. The van der Waals surface area contributed by atoms with Crippen molar-refractivity contribution in [2.45, 2.75) is 29.8 Å². The zero-order valence-electron chi connectivity index (χ0n) is 12.8. The van der Waals surface area contributed by atoms with Gasteiger partial charge >= 0.3 is 0 Å². The highest BCUT2D eigenvalue weighted by Gasteiger charge is 2.33. The second-order valence-electron chi connectivity index (χ2n) is 5.61. The van der Waals surface area contributed by atoms with Gasteiger partial charge in [-0.3, -0.25) is 0 Å². The lowest BCUT2D eigenvalue weighted by molar-refractivity contribution is 0.597. The lowest BCUT2D eigenvalue weighted by Gasteiger charge is -2.11. The van der Waals surface area contributed by atoms with Crippen molar-refractivity contribution < 1.29 is 8.42 Å². The molecule has 0 radical (unpaired) electrons. The number of rotatable bonds is 6. The van der Waals surface area contributed by atoms with Crippen molar-refractivity contribution >= 4 is 21.6 Å². The van der Waals surface area contributed by atoms with Crippen LogP contribution >= 0.6 is 11.8 Å². The number of thioether (sulfide) groups is 1. The van der Waals surface area contributed by atoms with E-state index in [0.29, 0.717) is 13.0 Å². The topological polar surface area (TPSA) is 64.8 Å². The highest BCUT2D eigenvalue weighted by atomic mass is 32.2. The van der Waals surface area contributed by atoms with Crippen LogP contribution in [-0.2, 0) is 22.1 Å². The van der Waals surface area contributed by atoms with E-state index in [-0.39, 0.29) is 17.4 Å². The Kier molecular flexibility index (Phi) is 4.87. The summed E-state index contributed by atoms with van der Waals surface area (Å²) in [6, 6.07) is 10.2. The van der Waals surface area contributed by atoms with Crippen molar-refractivity contribution in [3.63, 3.8) is 0 Å². The minimum Gasteiger partial charge on any atom is -0.302 e. The van der Waals surface area contributed by atoms with E-state index in [1.165, 1.54) is 5.56 Å². The third kappa shape index (κ3) is 3.84. The fourth-order valence-corrected chi connectivity index (χ4v) is 5.38. The van der Waals surface area contributed by atoms with E-state index in [9.17, 15) is 8.42 Å². The molecule has 0 spiro atoms. The minimum absolute atomic E-state index is 0.0569. The Hall–Kier alpha value is -1.60. The second-order valence-corrected chi connectivity index (χ2v) is 8.79. The number of hydrogen-bond donors (Lipinski definition) is 0. The normalized spacial score (nSPS) is 19.7. The molecule has 1 aliphatic heterocycles. The first kappa shape index (κ1) is 16.3. The van der Waals surface area contributed by atoms with Crippen LogP contribution in [0.3, 0.4) is 0 Å². The molecule has 3 rings (SSSR count). The average molecular weight is 349 g/mol. The molecule has 1 unspecified atom stereocenters. The summed E-state index contributed by atoms with van der Waals surface area (Å²) < 4.78 is 25.4. The Balaban J connectivity index is 1.80. The Morgan fingerprint density at radius 1 is 1.30 bits per heavy atom. The third-order valence-corrected chi connectivity index (χ3v) is 6.67. The summed E-state index contributed by atoms with van der Waals surface area (Å²) in [6.45, 7) is 4.38. The van der Waals surface area contributed by atoms with E-state index in [1.54, 1.807) is 17.8 Å². The molecule has 122 valence electrons. The van der Waals surface area contributed by atoms with E-state index in [2.05, 4.69) is 28.9 Å². The summed E-state index contributed by atoms with van der Waals surface area (Å²) in [5.74, 6) is 1.93. The molecule has 1 saturated heterocycles. The second kappa shape index (κ2) is 6.88. The van der Waals surface area contributed by atoms with E-state index in [0.717, 1.165) is 16.7 Å². The summed E-state index contributed by atoms with van der Waals surface area (Å²) in [6.07, 6.45) is 2.42. The predicted octanol–water partition coefficient (Wildman–Crippen LogP) is 2.66. The highest BCUT2D eigenvalue weighted by molar-refractivity contribution is 7.98. The van der Waals surface area contributed by atoms with Gasteiger partial charge in [0.1, 0.15) is 5.82 Å². The molecule has 0 saturated carbocycles. The zero-order valence-corrected chi connectivity index (χ0v) is 14.4. The first-order valence-corrected chi connectivity index (χ1v) is 10.3. The van der Waals surface area contributed by atoms with Crippen LogP contribution in [-0.4, -0.2) is 34.7 Å². The molecule has 7 heteroatoms. The summed E-state index contributed by atoms with van der Waals surface area (Å²) >= 11 is 1.61. The van der Waals surface area contributed by atoms with Crippen molar-refractivity contribution in [2.24, 2.45) is 0 Å². The van der Waals surface area contributed by atoms with Crippen molar-refractivity contribution in [2.75, 3.05) is 11.5 Å². The van der Waals surface area contributed by atoms with Gasteiger partial charge in [0.2, 0.25) is 0 Å². The lowest BCUT2D eigenvalue weighted by Crippen LogP contribution is -2.11. The maximum Gasteiger partial charge on any atom is 0.191 e. The van der Waals surface area contributed by atoms with E-state index in [4.69, 9.17) is 0 Å². The Morgan fingerprint density at radius 2 is 2.09 bits per heavy atom. The largest absolute Gasteiger partial charge is 0.302 e. The third-order valence-electron chi connectivity index (χ3n) is 3.87. The summed E-state index contributed by atoms with van der Waals surface area (Å²) in [7, 11) is -2.94. The first-order valence-electron chi connectivity index (χ1n) is 7.50. The van der Waals surface area contributed by atoms with Gasteiger partial charge in [-0.1, -0.05) is 48.2 Å². The number of aromatic nitrogens is 3. The Morgan fingerprint density at radius 3 is 2.74 bits per heavy atom. The van der Waals surface area contributed by atoms with Gasteiger partial charge in [-0.25, -0.2) is 8.42 Å². The van der Waals surface area contributed by atoms with Gasteiger partial charge in [-0.2, -0.15) is 0 Å². The van der Waals surface area contributed by atoms with Crippen LogP contribution in [0.5, 0.6) is 0 Å². The van der Waals surface area contributed by atoms with Crippen molar-refractivity contribution in [3.8, 4) is 0 Å². The molecule has 0 N–H and O–H groups in total. The molecule has 0 aliphatic carbocycles. The monoisotopic (exact) mass is 349 g/mol. The van der Waals surface area contributed by atoms with Gasteiger partial charge in [-0.05, 0) is 12.0 Å². The van der Waals surface area contributed by atoms with Gasteiger partial charge in [0.05, 0.1) is 11.5 Å². The van der Waals surface area contributed by atoms with Gasteiger partial charge in [0.15, 0.2) is 15.0 Å². The average Bonchev–Trinajstić information content (AvgIpc) is 3.10. The molecule has 1 atom stereocenters. The summed E-state index contributed by atoms with van der Waals surface area (Å²) in [4.78, 5) is 0. The predicted molar refractivity (Wildman–Crippen MR) is 92.2 cm³/mol. The Bertz CT molecular complexity index is 785. The standard InChI is InChI=1S/C16H19N3O2S2/c1-2-9-19-15(14-8-10-23(20,21)12-14)17-18-16(19)22-11-13-6-4-3-5-7-13/h2-7,14H,1,8-12H2. The van der Waals surface area contributed by atoms with E-state index in [1.807, 2.05) is 22.8 Å². The highest BCUT2D eigenvalue weighted by Crippen LogP contribution is 2.31. The fourth-order valence-electron chi connectivity index (χ4n) is 2.73. The maximum absolute atomic E-state index is 11.7. The van der Waals surface area contributed by atoms with Crippen LogP contribution in [0.2, 0.25) is 0 Å². The van der Waals surface area contributed by atoms with Gasteiger partial charge in [0, 0.05) is 18.2 Å². The number of sulfone groups is 1. The van der Waals surface area contributed by atoms with Crippen molar-refractivity contribution in [1.82, 2.24) is 14.8 Å². The van der Waals surface area contributed by atoms with Crippen LogP contribution in [0.15, 0.2) is 48.1 Å². The molecule has 1 fully saturated rings. The van der Waals surface area contributed by atoms with Crippen LogP contribution < -0.4 is 0 Å². The smallest absolute Gasteiger partial charge is 0.191 e. The molecular formula is C16H19N3O2S2. The summed E-state index contributed by atoms with van der Waals surface area (Å²) in [5.41, 5.74) is 1.22. The lowest BCUT2D eigenvalue weighted by atomic mass is 10.1. The van der Waals surface area contributed by atoms with Crippen LogP contribution in [0, 0.1) is 0 Å². The van der Waals surface area contributed by atoms with Gasteiger partial charge in [0.25, 0.3) is 0 Å². The van der Waals surface area contributed by atoms with Crippen LogP contribution in [0.25, 0.3) is 0 Å². The number of allylic oxidation sites excluding steroid dienone is 1. The molecule has 1 aliphatic rings. The molecule has 1 aromatic heterocycles. The Labute approximate surface area is 140 Å². The van der Waals surface area contributed by atoms with E-state index >= 15 is 0 Å². The fraction of sp³-hybridized carbons (Fsp3) is 0.375. The van der Waals surface area contributed by atoms with Crippen molar-refractivity contribution in [3.05, 3.63) is 54.4 Å². The molecule has 23 heavy (non-hydrogen) atoms. The maximum atomic E-state index is 11.7. The summed E-state index contributed by atoms with van der Waals surface area (Å²) in [5, 5.41) is 9.36. The minimum atomic E-state index is -2.94. The molecule has 1 aromatic carbocycles. The molecule has 2 heterocycles. The zero-order chi connectivity index (χ0) is 16.3. The number of nitrogens with zero attached hydrogens (tertiary/aromatic N) is 3. The molecule has 2 aromatic rings. The molecule has 0 amide bonds. The quantitative estimate of drug-likeness (QED) is 0.592. The van der Waals surface area contributed by atoms with Crippen LogP contribution in [0.4, 0.5) is 0 Å². The van der Waals surface area contributed by atoms with Gasteiger partial charge < -0.3 is 4.57 Å². The number of benzene rings is 1. The van der Waals surface area contributed by atoms with Gasteiger partial charge in [-0.15, -0.1) is 16.8 Å². The molecular weight excluding hydrogens is 330 g/mol. The number of hydrogen-bond acceptors (Lipinski definition) is 5. The van der Waals surface area contributed by atoms with Crippen LogP contribution in [0.1, 0.15) is 23.7 Å². The van der Waals surface area contributed by atoms with E-state index < -0.39 is 9.84 Å². The SMILES string of the molecule is C=CCn1c(SCc2ccccc2)nnc1C1CCS(=O)(=O)C1. The molecule has 5 nitrogen and oxygen atoms in total. The molecule has 0 bridgehead atoms.